The van der Waals surface area contributed by atoms with Crippen LogP contribution in [-0.4, -0.2) is 0 Å². The molecule has 66 valence electrons. The minimum Gasteiger partial charge on any atom is -0.472 e. The molecular weight excluding hydrogens is 172 g/mol. The summed E-state index contributed by atoms with van der Waals surface area (Å²) in [5.74, 6) is 0. The predicted molar refractivity (Wildman–Crippen MR) is 49.3 cm³/mol. The van der Waals surface area contributed by atoms with Crippen LogP contribution >= 0.6 is 11.6 Å². The fraction of sp³-hybridized carbons (Fsp3) is 0.600. The van der Waals surface area contributed by atoms with Crippen molar-refractivity contribution < 1.29 is 4.42 Å². The van der Waals surface area contributed by atoms with Crippen molar-refractivity contribution in [3.63, 3.8) is 0 Å². The summed E-state index contributed by atoms with van der Waals surface area (Å²) in [5.41, 5.74) is 1.16. The van der Waals surface area contributed by atoms with E-state index in [0.29, 0.717) is 0 Å². The molecule has 1 nitrogen and oxygen atoms in total. The third kappa shape index (κ3) is 1.38. The van der Waals surface area contributed by atoms with Crippen LogP contribution in [-0.2, 0) is 4.87 Å². The van der Waals surface area contributed by atoms with Crippen LogP contribution in [0.15, 0.2) is 23.0 Å². The number of furan rings is 1. The van der Waals surface area contributed by atoms with E-state index in [9.17, 15) is 0 Å². The fourth-order valence-corrected chi connectivity index (χ4v) is 2.30. The van der Waals surface area contributed by atoms with E-state index < -0.39 is 0 Å². The number of hydrogen-bond acceptors (Lipinski definition) is 1. The molecule has 0 aliphatic heterocycles. The van der Waals surface area contributed by atoms with Gasteiger partial charge in [-0.3, -0.25) is 0 Å². The van der Waals surface area contributed by atoms with Crippen LogP contribution in [0, 0.1) is 0 Å². The summed E-state index contributed by atoms with van der Waals surface area (Å²) in [6.07, 6.45) is 9.48. The van der Waals surface area contributed by atoms with Crippen LogP contribution in [0.2, 0.25) is 0 Å². The SMILES string of the molecule is ClC1(c2ccoc2)CCCCC1. The molecule has 0 aromatic carbocycles. The maximum Gasteiger partial charge on any atom is 0.0952 e. The monoisotopic (exact) mass is 184 g/mol. The van der Waals surface area contributed by atoms with Crippen molar-refractivity contribution in [1.82, 2.24) is 0 Å². The molecular formula is C10H13ClO. The molecule has 1 aliphatic carbocycles. The summed E-state index contributed by atoms with van der Waals surface area (Å²) >= 11 is 6.48. The van der Waals surface area contributed by atoms with E-state index >= 15 is 0 Å². The van der Waals surface area contributed by atoms with Crippen molar-refractivity contribution in [3.8, 4) is 0 Å². The van der Waals surface area contributed by atoms with Crippen LogP contribution in [0.4, 0.5) is 0 Å². The third-order valence-corrected chi connectivity index (χ3v) is 3.28. The molecule has 0 amide bonds. The highest BCUT2D eigenvalue weighted by Gasteiger charge is 2.31. The molecule has 0 atom stereocenters. The van der Waals surface area contributed by atoms with E-state index in [1.807, 2.05) is 6.07 Å². The molecule has 1 aromatic heterocycles. The van der Waals surface area contributed by atoms with Crippen LogP contribution < -0.4 is 0 Å². The number of halogens is 1. The van der Waals surface area contributed by atoms with Gasteiger partial charge in [0, 0.05) is 5.56 Å². The predicted octanol–water partition coefficient (Wildman–Crippen LogP) is 3.68. The topological polar surface area (TPSA) is 13.1 Å². The Morgan fingerprint density at radius 1 is 1.25 bits per heavy atom. The number of rotatable bonds is 1. The molecule has 0 saturated heterocycles. The van der Waals surface area contributed by atoms with Gasteiger partial charge in [-0.2, -0.15) is 0 Å². The standard InChI is InChI=1S/C10H13ClO/c11-10(5-2-1-3-6-10)9-4-7-12-8-9/h4,7-8H,1-3,5-6H2. The Kier molecular flexibility index (Phi) is 2.14. The normalized spacial score (nSPS) is 22.4. The van der Waals surface area contributed by atoms with Gasteiger partial charge in [-0.1, -0.05) is 19.3 Å². The first-order valence-electron chi connectivity index (χ1n) is 4.53. The lowest BCUT2D eigenvalue weighted by Crippen LogP contribution is -2.21. The van der Waals surface area contributed by atoms with E-state index in [2.05, 4.69) is 0 Å². The lowest BCUT2D eigenvalue weighted by molar-refractivity contribution is 0.395. The molecule has 12 heavy (non-hydrogen) atoms. The van der Waals surface area contributed by atoms with Crippen LogP contribution in [0.25, 0.3) is 0 Å². The van der Waals surface area contributed by atoms with Gasteiger partial charge < -0.3 is 4.42 Å². The smallest absolute Gasteiger partial charge is 0.0952 e. The largest absolute Gasteiger partial charge is 0.472 e. The van der Waals surface area contributed by atoms with Gasteiger partial charge in [-0.15, -0.1) is 11.6 Å². The lowest BCUT2D eigenvalue weighted by atomic mass is 9.84. The van der Waals surface area contributed by atoms with Gasteiger partial charge in [0.1, 0.15) is 0 Å². The average molecular weight is 185 g/mol. The Hall–Kier alpha value is -0.430. The highest BCUT2D eigenvalue weighted by atomic mass is 35.5. The van der Waals surface area contributed by atoms with Crippen LogP contribution in [0.5, 0.6) is 0 Å². The second-order valence-electron chi connectivity index (χ2n) is 3.54. The maximum atomic E-state index is 6.48. The average Bonchev–Trinajstić information content (AvgIpc) is 2.58. The Labute approximate surface area is 77.7 Å². The Bertz CT molecular complexity index is 234. The summed E-state index contributed by atoms with van der Waals surface area (Å²) in [4.78, 5) is -0.120. The molecule has 0 spiro atoms. The van der Waals surface area contributed by atoms with E-state index in [4.69, 9.17) is 16.0 Å². The minimum absolute atomic E-state index is 0.120. The van der Waals surface area contributed by atoms with Gasteiger partial charge in [0.2, 0.25) is 0 Å². The zero-order chi connectivity index (χ0) is 8.44. The molecule has 0 unspecified atom stereocenters. The molecule has 1 heterocycles. The quantitative estimate of drug-likeness (QED) is 0.607. The minimum atomic E-state index is -0.120. The van der Waals surface area contributed by atoms with E-state index in [1.165, 1.54) is 19.3 Å². The van der Waals surface area contributed by atoms with Gasteiger partial charge in [0.15, 0.2) is 0 Å². The summed E-state index contributed by atoms with van der Waals surface area (Å²) < 4.78 is 5.05. The molecule has 2 heteroatoms. The van der Waals surface area contributed by atoms with Crippen molar-refractivity contribution in [2.75, 3.05) is 0 Å². The van der Waals surface area contributed by atoms with E-state index in [0.717, 1.165) is 18.4 Å². The zero-order valence-electron chi connectivity index (χ0n) is 7.05. The molecule has 1 aliphatic rings. The number of hydrogen-bond donors (Lipinski definition) is 0. The molecule has 2 rings (SSSR count). The third-order valence-electron chi connectivity index (χ3n) is 2.68. The van der Waals surface area contributed by atoms with Gasteiger partial charge in [0.25, 0.3) is 0 Å². The van der Waals surface area contributed by atoms with Gasteiger partial charge in [-0.25, -0.2) is 0 Å². The Balaban J connectivity index is 2.19. The van der Waals surface area contributed by atoms with Crippen molar-refractivity contribution in [3.05, 3.63) is 24.2 Å². The van der Waals surface area contributed by atoms with Crippen LogP contribution in [0.1, 0.15) is 37.7 Å². The van der Waals surface area contributed by atoms with Crippen molar-refractivity contribution in [2.45, 2.75) is 37.0 Å². The first kappa shape index (κ1) is 8.18. The van der Waals surface area contributed by atoms with E-state index in [-0.39, 0.29) is 4.87 Å². The molecule has 1 aromatic rings. The van der Waals surface area contributed by atoms with Crippen LogP contribution in [0.3, 0.4) is 0 Å². The first-order valence-corrected chi connectivity index (χ1v) is 4.91. The Morgan fingerprint density at radius 2 is 2.00 bits per heavy atom. The molecule has 0 N–H and O–H groups in total. The highest BCUT2D eigenvalue weighted by Crippen LogP contribution is 2.42. The summed E-state index contributed by atoms with van der Waals surface area (Å²) in [5, 5.41) is 0. The number of alkyl halides is 1. The highest BCUT2D eigenvalue weighted by molar-refractivity contribution is 6.24. The first-order chi connectivity index (χ1) is 5.81. The molecule has 0 radical (unpaired) electrons. The van der Waals surface area contributed by atoms with Gasteiger partial charge in [-0.05, 0) is 18.9 Å². The second-order valence-corrected chi connectivity index (χ2v) is 4.26. The maximum absolute atomic E-state index is 6.48. The fourth-order valence-electron chi connectivity index (χ4n) is 1.92. The second kappa shape index (κ2) is 3.14. The van der Waals surface area contributed by atoms with Gasteiger partial charge >= 0.3 is 0 Å². The summed E-state index contributed by atoms with van der Waals surface area (Å²) in [6, 6.07) is 1.98. The van der Waals surface area contributed by atoms with Crippen molar-refractivity contribution in [1.29, 1.82) is 0 Å². The summed E-state index contributed by atoms with van der Waals surface area (Å²) in [6.45, 7) is 0. The molecule has 1 saturated carbocycles. The molecule has 0 bridgehead atoms. The Morgan fingerprint density at radius 3 is 2.58 bits per heavy atom. The molecule has 1 fully saturated rings. The van der Waals surface area contributed by atoms with Gasteiger partial charge in [0.05, 0.1) is 17.4 Å². The lowest BCUT2D eigenvalue weighted by Gasteiger charge is -2.29. The van der Waals surface area contributed by atoms with Crippen molar-refractivity contribution in [2.24, 2.45) is 0 Å². The zero-order valence-corrected chi connectivity index (χ0v) is 7.81. The van der Waals surface area contributed by atoms with E-state index in [1.54, 1.807) is 12.5 Å². The summed E-state index contributed by atoms with van der Waals surface area (Å²) in [7, 11) is 0. The van der Waals surface area contributed by atoms with Crippen molar-refractivity contribution >= 4 is 11.6 Å².